The molecule has 0 saturated heterocycles. The number of hydrogen-bond acceptors (Lipinski definition) is 5. The Morgan fingerprint density at radius 2 is 1.66 bits per heavy atom. The van der Waals surface area contributed by atoms with Gasteiger partial charge < -0.3 is 9.47 Å². The summed E-state index contributed by atoms with van der Waals surface area (Å²) in [5.74, 6) is 2.68. The van der Waals surface area contributed by atoms with E-state index < -0.39 is 5.56 Å². The fourth-order valence-corrected chi connectivity index (χ4v) is 4.22. The van der Waals surface area contributed by atoms with Gasteiger partial charge in [0.2, 0.25) is 0 Å². The van der Waals surface area contributed by atoms with E-state index in [4.69, 9.17) is 21.1 Å². The molecule has 2 aromatic carbocycles. The summed E-state index contributed by atoms with van der Waals surface area (Å²) in [5.41, 5.74) is 1.93. The molecule has 5 nitrogen and oxygen atoms in total. The lowest BCUT2D eigenvalue weighted by molar-refractivity contribution is 0.300. The molecule has 0 amide bonds. The second-order valence-electron chi connectivity index (χ2n) is 8.72. The van der Waals surface area contributed by atoms with Crippen LogP contribution in [0.5, 0.6) is 17.2 Å². The molecule has 7 heteroatoms. The van der Waals surface area contributed by atoms with E-state index in [2.05, 4.69) is 5.10 Å². The fourth-order valence-electron chi connectivity index (χ4n) is 3.20. The van der Waals surface area contributed by atoms with Crippen LogP contribution in [-0.4, -0.2) is 21.1 Å². The van der Waals surface area contributed by atoms with E-state index in [1.54, 1.807) is 12.3 Å². The first-order valence-corrected chi connectivity index (χ1v) is 11.8. The Bertz CT molecular complexity index is 1110. The SMILES string of the molecule is Cc1ccc(Oc2cc(C)c(OC(Cl)CSc3ccnn(C(C)(C)C)c3=O)c(C)c2)cc1. The first kappa shape index (κ1) is 24.2. The molecule has 1 atom stereocenters. The van der Waals surface area contributed by atoms with E-state index in [0.29, 0.717) is 10.6 Å². The van der Waals surface area contributed by atoms with Crippen LogP contribution in [0.1, 0.15) is 37.5 Å². The Labute approximate surface area is 198 Å². The van der Waals surface area contributed by atoms with Crippen LogP contribution in [0.25, 0.3) is 0 Å². The Morgan fingerprint density at radius 1 is 1.03 bits per heavy atom. The zero-order chi connectivity index (χ0) is 23.5. The molecule has 0 aliphatic carbocycles. The first-order chi connectivity index (χ1) is 15.0. The third kappa shape index (κ3) is 6.08. The minimum atomic E-state index is -0.600. The summed E-state index contributed by atoms with van der Waals surface area (Å²) in [6.07, 6.45) is 1.64. The minimum Gasteiger partial charge on any atom is -0.473 e. The van der Waals surface area contributed by atoms with Crippen molar-refractivity contribution < 1.29 is 9.47 Å². The zero-order valence-corrected chi connectivity index (χ0v) is 20.9. The second-order valence-corrected chi connectivity index (χ2v) is 10.3. The van der Waals surface area contributed by atoms with E-state index in [1.807, 2.05) is 77.9 Å². The summed E-state index contributed by atoms with van der Waals surface area (Å²) in [6.45, 7) is 11.8. The van der Waals surface area contributed by atoms with Gasteiger partial charge in [-0.1, -0.05) is 29.3 Å². The van der Waals surface area contributed by atoms with Crippen molar-refractivity contribution in [3.63, 3.8) is 0 Å². The van der Waals surface area contributed by atoms with E-state index in [-0.39, 0.29) is 11.1 Å². The van der Waals surface area contributed by atoms with Crippen molar-refractivity contribution >= 4 is 23.4 Å². The van der Waals surface area contributed by atoms with Gasteiger partial charge in [0.15, 0.2) is 5.56 Å². The van der Waals surface area contributed by atoms with Gasteiger partial charge in [-0.2, -0.15) is 5.10 Å². The number of thioether (sulfide) groups is 1. The standard InChI is InChI=1S/C25H29ClN2O3S/c1-16-7-9-19(10-8-16)30-20-13-17(2)23(18(3)14-20)31-22(26)15-32-21-11-12-27-28(24(21)29)25(4,5)6/h7-14,22H,15H2,1-6H3. The van der Waals surface area contributed by atoms with Crippen molar-refractivity contribution in [2.24, 2.45) is 0 Å². The highest BCUT2D eigenvalue weighted by Gasteiger charge is 2.19. The van der Waals surface area contributed by atoms with Gasteiger partial charge in [-0.15, -0.1) is 11.8 Å². The Balaban J connectivity index is 1.67. The van der Waals surface area contributed by atoms with Crippen LogP contribution in [0.15, 0.2) is 58.4 Å². The monoisotopic (exact) mass is 472 g/mol. The molecular formula is C25H29ClN2O3S. The third-order valence-electron chi connectivity index (χ3n) is 4.75. The number of benzene rings is 2. The molecule has 170 valence electrons. The quantitative estimate of drug-likeness (QED) is 0.292. The molecule has 32 heavy (non-hydrogen) atoms. The van der Waals surface area contributed by atoms with E-state index in [0.717, 1.165) is 28.4 Å². The third-order valence-corrected chi connectivity index (χ3v) is 6.27. The van der Waals surface area contributed by atoms with Crippen molar-refractivity contribution in [2.75, 3.05) is 5.75 Å². The normalized spacial score (nSPS) is 12.5. The number of hydrogen-bond donors (Lipinski definition) is 0. The molecule has 0 saturated carbocycles. The van der Waals surface area contributed by atoms with Crippen LogP contribution in [-0.2, 0) is 5.54 Å². The summed E-state index contributed by atoms with van der Waals surface area (Å²) in [6, 6.07) is 13.5. The average molecular weight is 473 g/mol. The Kier molecular flexibility index (Phi) is 7.57. The van der Waals surface area contributed by atoms with Crippen molar-refractivity contribution in [1.29, 1.82) is 0 Å². The van der Waals surface area contributed by atoms with Crippen molar-refractivity contribution in [3.05, 3.63) is 75.7 Å². The van der Waals surface area contributed by atoms with Gasteiger partial charge in [-0.25, -0.2) is 4.68 Å². The highest BCUT2D eigenvalue weighted by molar-refractivity contribution is 7.99. The summed E-state index contributed by atoms with van der Waals surface area (Å²) in [4.78, 5) is 13.3. The molecule has 0 aliphatic rings. The lowest BCUT2D eigenvalue weighted by Crippen LogP contribution is -2.36. The van der Waals surface area contributed by atoms with Gasteiger partial charge in [0.1, 0.15) is 17.2 Å². The van der Waals surface area contributed by atoms with Crippen LogP contribution in [0.4, 0.5) is 0 Å². The van der Waals surface area contributed by atoms with Gasteiger partial charge in [-0.05, 0) is 83.0 Å². The number of aromatic nitrogens is 2. The first-order valence-electron chi connectivity index (χ1n) is 10.4. The molecule has 3 aromatic rings. The van der Waals surface area contributed by atoms with Crippen LogP contribution in [0, 0.1) is 20.8 Å². The van der Waals surface area contributed by atoms with E-state index in [9.17, 15) is 4.79 Å². The molecule has 0 N–H and O–H groups in total. The fraction of sp³-hybridized carbons (Fsp3) is 0.360. The number of halogens is 1. The van der Waals surface area contributed by atoms with Gasteiger partial charge >= 0.3 is 0 Å². The molecule has 0 spiro atoms. The second kappa shape index (κ2) is 10.0. The maximum absolute atomic E-state index is 12.7. The molecule has 1 unspecified atom stereocenters. The van der Waals surface area contributed by atoms with Crippen LogP contribution in [0.3, 0.4) is 0 Å². The predicted molar refractivity (Wildman–Crippen MR) is 132 cm³/mol. The molecule has 0 aliphatic heterocycles. The molecule has 0 radical (unpaired) electrons. The van der Waals surface area contributed by atoms with Gasteiger partial charge in [-0.3, -0.25) is 4.79 Å². The highest BCUT2D eigenvalue weighted by Crippen LogP contribution is 2.33. The summed E-state index contributed by atoms with van der Waals surface area (Å²) in [7, 11) is 0. The molecule has 1 heterocycles. The number of ether oxygens (including phenoxy) is 2. The molecule has 1 aromatic heterocycles. The number of aryl methyl sites for hydroxylation is 3. The molecular weight excluding hydrogens is 444 g/mol. The van der Waals surface area contributed by atoms with Crippen molar-refractivity contribution in [2.45, 2.75) is 57.5 Å². The maximum atomic E-state index is 12.7. The van der Waals surface area contributed by atoms with E-state index >= 15 is 0 Å². The average Bonchev–Trinajstić information content (AvgIpc) is 2.71. The minimum absolute atomic E-state index is 0.126. The molecule has 3 rings (SSSR count). The number of nitrogens with zero attached hydrogens (tertiary/aromatic N) is 2. The van der Waals surface area contributed by atoms with Crippen LogP contribution in [0.2, 0.25) is 0 Å². The Morgan fingerprint density at radius 3 is 2.25 bits per heavy atom. The lowest BCUT2D eigenvalue weighted by Gasteiger charge is -2.21. The summed E-state index contributed by atoms with van der Waals surface area (Å²) in [5, 5.41) is 4.19. The topological polar surface area (TPSA) is 53.4 Å². The number of alkyl halides is 1. The lowest BCUT2D eigenvalue weighted by atomic mass is 10.1. The van der Waals surface area contributed by atoms with Gasteiger partial charge in [0, 0.05) is 11.9 Å². The summed E-state index contributed by atoms with van der Waals surface area (Å²) >= 11 is 7.84. The molecule has 0 fully saturated rings. The largest absolute Gasteiger partial charge is 0.473 e. The zero-order valence-electron chi connectivity index (χ0n) is 19.3. The molecule has 0 bridgehead atoms. The van der Waals surface area contributed by atoms with Crippen LogP contribution >= 0.6 is 23.4 Å². The van der Waals surface area contributed by atoms with Gasteiger partial charge in [0.05, 0.1) is 10.4 Å². The van der Waals surface area contributed by atoms with Crippen LogP contribution < -0.4 is 15.0 Å². The Hall–Kier alpha value is -2.44. The smallest absolute Gasteiger partial charge is 0.280 e. The van der Waals surface area contributed by atoms with Crippen molar-refractivity contribution in [3.8, 4) is 17.2 Å². The van der Waals surface area contributed by atoms with Gasteiger partial charge in [0.25, 0.3) is 5.56 Å². The predicted octanol–water partition coefficient (Wildman–Crippen LogP) is 6.45. The van der Waals surface area contributed by atoms with Crippen molar-refractivity contribution in [1.82, 2.24) is 9.78 Å². The summed E-state index contributed by atoms with van der Waals surface area (Å²) < 4.78 is 13.5. The maximum Gasteiger partial charge on any atom is 0.280 e. The van der Waals surface area contributed by atoms with E-state index in [1.165, 1.54) is 22.0 Å². The number of rotatable bonds is 7. The highest BCUT2D eigenvalue weighted by atomic mass is 35.5.